The minimum Gasteiger partial charge on any atom is -0.310 e. The van der Waals surface area contributed by atoms with Crippen molar-refractivity contribution in [2.24, 2.45) is 0 Å². The molecule has 1 aliphatic heterocycles. The minimum absolute atomic E-state index is 0.598. The fourth-order valence-corrected chi connectivity index (χ4v) is 2.79. The van der Waals surface area contributed by atoms with E-state index in [1.165, 1.54) is 40.5 Å². The van der Waals surface area contributed by atoms with Gasteiger partial charge in [0.2, 0.25) is 0 Å². The maximum absolute atomic E-state index is 3.59. The van der Waals surface area contributed by atoms with Crippen LogP contribution in [0.2, 0.25) is 0 Å². The number of benzene rings is 1. The van der Waals surface area contributed by atoms with Gasteiger partial charge in [-0.15, -0.1) is 0 Å². The quantitative estimate of drug-likeness (QED) is 0.784. The third-order valence-electron chi connectivity index (χ3n) is 2.92. The Bertz CT molecular complexity index is 316. The van der Waals surface area contributed by atoms with Gasteiger partial charge in [-0.2, -0.15) is 0 Å². The predicted octanol–water partition coefficient (Wildman–Crippen LogP) is 3.41. The zero-order valence-electron chi connectivity index (χ0n) is 8.52. The Morgan fingerprint density at radius 1 is 1.36 bits per heavy atom. The Balaban J connectivity index is 2.22. The molecule has 76 valence electrons. The molecule has 2 rings (SSSR count). The lowest BCUT2D eigenvalue weighted by atomic mass is 9.94. The first-order valence-electron chi connectivity index (χ1n) is 5.27. The standard InChI is InChI=1S/C12H16IN/c1-9-8-10(13)5-6-11(9)12-4-2-3-7-14-12/h5-6,8,12,14H,2-4,7H2,1H3/t12-/m1/s1. The van der Waals surface area contributed by atoms with E-state index in [1.54, 1.807) is 0 Å². The molecule has 1 aromatic rings. The van der Waals surface area contributed by atoms with Gasteiger partial charge in [0.25, 0.3) is 0 Å². The van der Waals surface area contributed by atoms with Crippen LogP contribution in [-0.4, -0.2) is 6.54 Å². The van der Waals surface area contributed by atoms with Crippen molar-refractivity contribution < 1.29 is 0 Å². The van der Waals surface area contributed by atoms with Crippen LogP contribution in [-0.2, 0) is 0 Å². The molecule has 0 saturated carbocycles. The van der Waals surface area contributed by atoms with Crippen molar-refractivity contribution in [2.45, 2.75) is 32.2 Å². The Morgan fingerprint density at radius 2 is 2.21 bits per heavy atom. The summed E-state index contributed by atoms with van der Waals surface area (Å²) in [5, 5.41) is 3.59. The van der Waals surface area contributed by atoms with Gasteiger partial charge in [-0.05, 0) is 72.2 Å². The molecule has 0 aromatic heterocycles. The van der Waals surface area contributed by atoms with Crippen molar-refractivity contribution in [3.8, 4) is 0 Å². The molecule has 1 saturated heterocycles. The van der Waals surface area contributed by atoms with Crippen LogP contribution in [0, 0.1) is 10.5 Å². The van der Waals surface area contributed by atoms with E-state index in [1.807, 2.05) is 0 Å². The van der Waals surface area contributed by atoms with Crippen LogP contribution in [0.5, 0.6) is 0 Å². The summed E-state index contributed by atoms with van der Waals surface area (Å²) in [6.07, 6.45) is 3.99. The van der Waals surface area contributed by atoms with Crippen LogP contribution in [0.15, 0.2) is 18.2 Å². The highest BCUT2D eigenvalue weighted by Crippen LogP contribution is 2.26. The summed E-state index contributed by atoms with van der Waals surface area (Å²) in [7, 11) is 0. The Morgan fingerprint density at radius 3 is 2.86 bits per heavy atom. The molecule has 0 bridgehead atoms. The van der Waals surface area contributed by atoms with Crippen molar-refractivity contribution in [2.75, 3.05) is 6.54 Å². The van der Waals surface area contributed by atoms with Gasteiger partial charge in [0, 0.05) is 9.61 Å². The molecule has 0 aliphatic carbocycles. The molecular weight excluding hydrogens is 285 g/mol. The molecule has 1 nitrogen and oxygen atoms in total. The molecule has 1 heterocycles. The number of hydrogen-bond acceptors (Lipinski definition) is 1. The third kappa shape index (κ3) is 2.28. The summed E-state index contributed by atoms with van der Waals surface area (Å²) in [4.78, 5) is 0. The van der Waals surface area contributed by atoms with Gasteiger partial charge < -0.3 is 5.32 Å². The van der Waals surface area contributed by atoms with E-state index in [9.17, 15) is 0 Å². The van der Waals surface area contributed by atoms with E-state index >= 15 is 0 Å². The molecular formula is C12H16IN. The van der Waals surface area contributed by atoms with Crippen molar-refractivity contribution in [1.82, 2.24) is 5.32 Å². The lowest BCUT2D eigenvalue weighted by Crippen LogP contribution is -2.27. The lowest BCUT2D eigenvalue weighted by Gasteiger charge is -2.25. The van der Waals surface area contributed by atoms with E-state index < -0.39 is 0 Å². The zero-order chi connectivity index (χ0) is 9.97. The summed E-state index contributed by atoms with van der Waals surface area (Å²) < 4.78 is 1.33. The lowest BCUT2D eigenvalue weighted by molar-refractivity contribution is 0.411. The van der Waals surface area contributed by atoms with E-state index in [0.717, 1.165) is 0 Å². The number of rotatable bonds is 1. The monoisotopic (exact) mass is 301 g/mol. The number of nitrogens with one attached hydrogen (secondary N) is 1. The number of aryl methyl sites for hydroxylation is 1. The topological polar surface area (TPSA) is 12.0 Å². The average Bonchev–Trinajstić information content (AvgIpc) is 2.19. The fraction of sp³-hybridized carbons (Fsp3) is 0.500. The average molecular weight is 301 g/mol. The Hall–Kier alpha value is -0.0900. The molecule has 0 radical (unpaired) electrons. The molecule has 1 aromatic carbocycles. The fourth-order valence-electron chi connectivity index (χ4n) is 2.15. The third-order valence-corrected chi connectivity index (χ3v) is 3.59. The van der Waals surface area contributed by atoms with Crippen molar-refractivity contribution in [1.29, 1.82) is 0 Å². The predicted molar refractivity (Wildman–Crippen MR) is 68.5 cm³/mol. The second kappa shape index (κ2) is 4.62. The SMILES string of the molecule is Cc1cc(I)ccc1[C@H]1CCCCN1. The van der Waals surface area contributed by atoms with Gasteiger partial charge in [-0.3, -0.25) is 0 Å². The number of piperidine rings is 1. The Kier molecular flexibility index (Phi) is 3.44. The highest BCUT2D eigenvalue weighted by molar-refractivity contribution is 14.1. The number of hydrogen-bond donors (Lipinski definition) is 1. The largest absolute Gasteiger partial charge is 0.310 e. The van der Waals surface area contributed by atoms with E-state index in [0.29, 0.717) is 6.04 Å². The zero-order valence-corrected chi connectivity index (χ0v) is 10.7. The number of halogens is 1. The van der Waals surface area contributed by atoms with E-state index in [4.69, 9.17) is 0 Å². The molecule has 1 N–H and O–H groups in total. The minimum atomic E-state index is 0.598. The van der Waals surface area contributed by atoms with Gasteiger partial charge in [0.1, 0.15) is 0 Å². The molecule has 0 spiro atoms. The first-order chi connectivity index (χ1) is 6.77. The van der Waals surface area contributed by atoms with Crippen LogP contribution in [0.25, 0.3) is 0 Å². The summed E-state index contributed by atoms with van der Waals surface area (Å²) in [6, 6.07) is 7.35. The normalized spacial score (nSPS) is 22.3. The molecule has 1 fully saturated rings. The maximum atomic E-state index is 3.59. The highest BCUT2D eigenvalue weighted by Gasteiger charge is 2.15. The van der Waals surface area contributed by atoms with Crippen LogP contribution < -0.4 is 5.32 Å². The summed E-state index contributed by atoms with van der Waals surface area (Å²) >= 11 is 2.37. The smallest absolute Gasteiger partial charge is 0.0322 e. The molecule has 1 atom stereocenters. The second-order valence-electron chi connectivity index (χ2n) is 4.00. The molecule has 2 heteroatoms. The van der Waals surface area contributed by atoms with Crippen LogP contribution in [0.4, 0.5) is 0 Å². The van der Waals surface area contributed by atoms with Crippen LogP contribution >= 0.6 is 22.6 Å². The van der Waals surface area contributed by atoms with Crippen LogP contribution in [0.3, 0.4) is 0 Å². The summed E-state index contributed by atoms with van der Waals surface area (Å²) in [5.74, 6) is 0. The first-order valence-corrected chi connectivity index (χ1v) is 6.34. The van der Waals surface area contributed by atoms with Gasteiger partial charge in [-0.25, -0.2) is 0 Å². The van der Waals surface area contributed by atoms with Gasteiger partial charge in [0.15, 0.2) is 0 Å². The summed E-state index contributed by atoms with van der Waals surface area (Å²) in [6.45, 7) is 3.39. The van der Waals surface area contributed by atoms with Gasteiger partial charge in [-0.1, -0.05) is 12.5 Å². The van der Waals surface area contributed by atoms with Crippen molar-refractivity contribution in [3.63, 3.8) is 0 Å². The maximum Gasteiger partial charge on any atom is 0.0322 e. The van der Waals surface area contributed by atoms with Crippen molar-refractivity contribution in [3.05, 3.63) is 32.9 Å². The van der Waals surface area contributed by atoms with Crippen LogP contribution in [0.1, 0.15) is 36.4 Å². The summed E-state index contributed by atoms with van der Waals surface area (Å²) in [5.41, 5.74) is 2.92. The molecule has 0 unspecified atom stereocenters. The van der Waals surface area contributed by atoms with Crippen molar-refractivity contribution >= 4 is 22.6 Å². The van der Waals surface area contributed by atoms with E-state index in [2.05, 4.69) is 53.0 Å². The molecule has 0 amide bonds. The first kappa shape index (κ1) is 10.4. The molecule has 1 aliphatic rings. The van der Waals surface area contributed by atoms with E-state index in [-0.39, 0.29) is 0 Å². The Labute approximate surface area is 99.4 Å². The second-order valence-corrected chi connectivity index (χ2v) is 5.25. The van der Waals surface area contributed by atoms with Gasteiger partial charge >= 0.3 is 0 Å². The molecule has 14 heavy (non-hydrogen) atoms. The highest BCUT2D eigenvalue weighted by atomic mass is 127. The van der Waals surface area contributed by atoms with Gasteiger partial charge in [0.05, 0.1) is 0 Å².